The Kier molecular flexibility index (Phi) is 3.68. The fourth-order valence-corrected chi connectivity index (χ4v) is 4.05. The van der Waals surface area contributed by atoms with Crippen molar-refractivity contribution in [1.29, 1.82) is 0 Å². The number of hydrogen-bond acceptors (Lipinski definition) is 4. The number of nitrogens with two attached hydrogens (primary N) is 1. The fraction of sp³-hybridized carbons (Fsp3) is 0.474. The van der Waals surface area contributed by atoms with Crippen LogP contribution in [-0.2, 0) is 6.42 Å². The average Bonchev–Trinajstić information content (AvgIpc) is 3.01. The lowest BCUT2D eigenvalue weighted by atomic mass is 9.82. The third-order valence-corrected chi connectivity index (χ3v) is 5.21. The molecule has 23 heavy (non-hydrogen) atoms. The average molecular weight is 308 g/mol. The molecule has 1 aromatic heterocycles. The third kappa shape index (κ3) is 2.67. The Hall–Kier alpha value is -2.10. The van der Waals surface area contributed by atoms with Gasteiger partial charge in [-0.3, -0.25) is 0 Å². The fourth-order valence-electron chi connectivity index (χ4n) is 4.05. The molecule has 4 heteroatoms. The second-order valence-corrected chi connectivity index (χ2v) is 6.96. The number of fused-ring (bicyclic) bond motifs is 1. The highest BCUT2D eigenvalue weighted by atomic mass is 15.2. The quantitative estimate of drug-likeness (QED) is 0.924. The first-order chi connectivity index (χ1) is 11.2. The number of hydrogen-bond donors (Lipinski definition) is 1. The van der Waals surface area contributed by atoms with Crippen molar-refractivity contribution in [3.05, 3.63) is 47.2 Å². The van der Waals surface area contributed by atoms with Gasteiger partial charge in [-0.25, -0.2) is 4.98 Å². The van der Waals surface area contributed by atoms with E-state index in [0.717, 1.165) is 43.4 Å². The molecule has 1 aromatic carbocycles. The van der Waals surface area contributed by atoms with Crippen molar-refractivity contribution in [1.82, 2.24) is 9.97 Å². The van der Waals surface area contributed by atoms with Gasteiger partial charge in [-0.15, -0.1) is 0 Å². The molecule has 0 bridgehead atoms. The predicted molar refractivity (Wildman–Crippen MR) is 93.7 cm³/mol. The predicted octanol–water partition coefficient (Wildman–Crippen LogP) is 3.37. The first-order valence-electron chi connectivity index (χ1n) is 8.68. The highest BCUT2D eigenvalue weighted by molar-refractivity contribution is 5.55. The van der Waals surface area contributed by atoms with E-state index in [1.807, 2.05) is 0 Å². The molecule has 1 saturated heterocycles. The van der Waals surface area contributed by atoms with Gasteiger partial charge in [0.1, 0.15) is 5.82 Å². The molecule has 0 spiro atoms. The van der Waals surface area contributed by atoms with Crippen LogP contribution in [0.2, 0.25) is 0 Å². The molecule has 1 aliphatic heterocycles. The van der Waals surface area contributed by atoms with Gasteiger partial charge in [-0.05, 0) is 37.2 Å². The van der Waals surface area contributed by atoms with Crippen LogP contribution in [0.25, 0.3) is 0 Å². The van der Waals surface area contributed by atoms with Crippen LogP contribution in [0.1, 0.15) is 48.9 Å². The standard InChI is InChI=1S/C19H24N4/c1-13-10-11-23(12-13)18-16-9-5-8-15(14-6-3-2-4-7-14)17(16)21-19(20)22-18/h2-4,6-7,13,15H,5,8-12H2,1H3,(H2,20,21,22). The number of nitrogens with zero attached hydrogens (tertiary/aromatic N) is 3. The van der Waals surface area contributed by atoms with Crippen LogP contribution in [0, 0.1) is 5.92 Å². The molecule has 2 unspecified atom stereocenters. The molecule has 0 amide bonds. The van der Waals surface area contributed by atoms with E-state index in [1.165, 1.54) is 24.0 Å². The lowest BCUT2D eigenvalue weighted by Gasteiger charge is -2.29. The smallest absolute Gasteiger partial charge is 0.222 e. The van der Waals surface area contributed by atoms with Crippen molar-refractivity contribution >= 4 is 11.8 Å². The van der Waals surface area contributed by atoms with E-state index >= 15 is 0 Å². The lowest BCUT2D eigenvalue weighted by Crippen LogP contribution is -2.26. The van der Waals surface area contributed by atoms with Gasteiger partial charge in [0.25, 0.3) is 0 Å². The van der Waals surface area contributed by atoms with Crippen molar-refractivity contribution in [2.45, 2.75) is 38.5 Å². The van der Waals surface area contributed by atoms with E-state index in [4.69, 9.17) is 5.73 Å². The third-order valence-electron chi connectivity index (χ3n) is 5.21. The van der Waals surface area contributed by atoms with Gasteiger partial charge < -0.3 is 10.6 Å². The Morgan fingerprint density at radius 1 is 1.13 bits per heavy atom. The van der Waals surface area contributed by atoms with Crippen molar-refractivity contribution in [3.63, 3.8) is 0 Å². The normalized spacial score (nSPS) is 23.8. The minimum atomic E-state index is 0.351. The zero-order valence-corrected chi connectivity index (χ0v) is 13.7. The van der Waals surface area contributed by atoms with Gasteiger partial charge in [0.15, 0.2) is 0 Å². The number of aromatic nitrogens is 2. The molecule has 0 saturated carbocycles. The van der Waals surface area contributed by atoms with Crippen molar-refractivity contribution in [3.8, 4) is 0 Å². The second kappa shape index (κ2) is 5.84. The molecular formula is C19H24N4. The summed E-state index contributed by atoms with van der Waals surface area (Å²) in [6.45, 7) is 4.47. The summed E-state index contributed by atoms with van der Waals surface area (Å²) in [6, 6.07) is 10.7. The maximum Gasteiger partial charge on any atom is 0.222 e. The number of benzene rings is 1. The summed E-state index contributed by atoms with van der Waals surface area (Å²) in [6.07, 6.45) is 4.64. The molecule has 1 fully saturated rings. The monoisotopic (exact) mass is 308 g/mol. The largest absolute Gasteiger partial charge is 0.368 e. The van der Waals surface area contributed by atoms with Crippen LogP contribution >= 0.6 is 0 Å². The molecule has 2 aliphatic rings. The minimum Gasteiger partial charge on any atom is -0.368 e. The molecule has 2 atom stereocenters. The summed E-state index contributed by atoms with van der Waals surface area (Å²) >= 11 is 0. The van der Waals surface area contributed by atoms with Gasteiger partial charge in [-0.2, -0.15) is 4.98 Å². The highest BCUT2D eigenvalue weighted by Crippen LogP contribution is 2.40. The maximum absolute atomic E-state index is 6.08. The van der Waals surface area contributed by atoms with Crippen LogP contribution in [0.3, 0.4) is 0 Å². The molecule has 1 aliphatic carbocycles. The van der Waals surface area contributed by atoms with Gasteiger partial charge >= 0.3 is 0 Å². The summed E-state index contributed by atoms with van der Waals surface area (Å²) < 4.78 is 0. The molecule has 4 nitrogen and oxygen atoms in total. The Bertz CT molecular complexity index is 698. The number of nitrogen functional groups attached to an aromatic ring is 1. The van der Waals surface area contributed by atoms with Crippen molar-refractivity contribution in [2.24, 2.45) is 5.92 Å². The zero-order chi connectivity index (χ0) is 15.8. The highest BCUT2D eigenvalue weighted by Gasteiger charge is 2.30. The summed E-state index contributed by atoms with van der Waals surface area (Å²) in [5, 5.41) is 0. The Labute approximate surface area is 137 Å². The van der Waals surface area contributed by atoms with Crippen LogP contribution in [0.4, 0.5) is 11.8 Å². The van der Waals surface area contributed by atoms with Gasteiger partial charge in [0.05, 0.1) is 5.69 Å². The summed E-state index contributed by atoms with van der Waals surface area (Å²) in [5.41, 5.74) is 9.90. The van der Waals surface area contributed by atoms with E-state index in [-0.39, 0.29) is 0 Å². The summed E-state index contributed by atoms with van der Waals surface area (Å²) in [4.78, 5) is 11.7. The molecule has 2 heterocycles. The lowest BCUT2D eigenvalue weighted by molar-refractivity contribution is 0.594. The van der Waals surface area contributed by atoms with Crippen molar-refractivity contribution < 1.29 is 0 Å². The van der Waals surface area contributed by atoms with E-state index in [2.05, 4.69) is 52.1 Å². The summed E-state index contributed by atoms with van der Waals surface area (Å²) in [7, 11) is 0. The van der Waals surface area contributed by atoms with E-state index in [9.17, 15) is 0 Å². The van der Waals surface area contributed by atoms with Crippen LogP contribution in [0.15, 0.2) is 30.3 Å². The van der Waals surface area contributed by atoms with Crippen LogP contribution < -0.4 is 10.6 Å². The van der Waals surface area contributed by atoms with Crippen LogP contribution in [-0.4, -0.2) is 23.1 Å². The zero-order valence-electron chi connectivity index (χ0n) is 13.7. The number of rotatable bonds is 2. The minimum absolute atomic E-state index is 0.351. The molecule has 2 N–H and O–H groups in total. The molecule has 4 rings (SSSR count). The molecule has 2 aromatic rings. The number of anilines is 2. The Morgan fingerprint density at radius 2 is 1.96 bits per heavy atom. The Balaban J connectivity index is 1.79. The first-order valence-corrected chi connectivity index (χ1v) is 8.68. The van der Waals surface area contributed by atoms with Crippen LogP contribution in [0.5, 0.6) is 0 Å². The van der Waals surface area contributed by atoms with Gasteiger partial charge in [0.2, 0.25) is 5.95 Å². The maximum atomic E-state index is 6.08. The van der Waals surface area contributed by atoms with E-state index in [0.29, 0.717) is 11.9 Å². The van der Waals surface area contributed by atoms with E-state index < -0.39 is 0 Å². The SMILES string of the molecule is CC1CCN(c2nc(N)nc3c2CCCC3c2ccccc2)C1. The molecule has 120 valence electrons. The molecular weight excluding hydrogens is 284 g/mol. The Morgan fingerprint density at radius 3 is 2.70 bits per heavy atom. The van der Waals surface area contributed by atoms with Gasteiger partial charge in [0, 0.05) is 24.6 Å². The molecule has 0 radical (unpaired) electrons. The van der Waals surface area contributed by atoms with Crippen molar-refractivity contribution in [2.75, 3.05) is 23.7 Å². The first kappa shape index (κ1) is 14.5. The van der Waals surface area contributed by atoms with E-state index in [1.54, 1.807) is 0 Å². The topological polar surface area (TPSA) is 55.0 Å². The van der Waals surface area contributed by atoms with Gasteiger partial charge in [-0.1, -0.05) is 37.3 Å². The second-order valence-electron chi connectivity index (χ2n) is 6.96. The summed E-state index contributed by atoms with van der Waals surface area (Å²) in [5.74, 6) is 2.60.